The molecule has 51 heavy (non-hydrogen) atoms. The third-order valence-corrected chi connectivity index (χ3v) is 9.20. The van der Waals surface area contributed by atoms with Crippen molar-refractivity contribution in [1.29, 1.82) is 0 Å². The van der Waals surface area contributed by atoms with Crippen LogP contribution in [-0.2, 0) is 21.9 Å². The van der Waals surface area contributed by atoms with E-state index in [1.165, 1.54) is 4.90 Å². The van der Waals surface area contributed by atoms with Crippen molar-refractivity contribution < 1.29 is 50.1 Å². The van der Waals surface area contributed by atoms with Crippen molar-refractivity contribution in [2.45, 2.75) is 56.6 Å². The van der Waals surface area contributed by atoms with Crippen molar-refractivity contribution in [3.05, 3.63) is 83.7 Å². The van der Waals surface area contributed by atoms with Gasteiger partial charge < -0.3 is 28.9 Å². The number of amides is 2. The van der Waals surface area contributed by atoms with Crippen molar-refractivity contribution in [1.82, 2.24) is 14.8 Å². The molecule has 0 spiro atoms. The number of ether oxygens (including phenoxy) is 3. The number of piperidine rings is 1. The molecule has 2 aliphatic heterocycles. The van der Waals surface area contributed by atoms with Gasteiger partial charge in [-0.05, 0) is 55.3 Å². The molecule has 0 bridgehead atoms. The van der Waals surface area contributed by atoms with Crippen LogP contribution in [-0.4, -0.2) is 91.3 Å². The molecule has 276 valence electrons. The third kappa shape index (κ3) is 8.35. The Kier molecular flexibility index (Phi) is 11.7. The lowest BCUT2D eigenvalue weighted by Crippen LogP contribution is -2.69. The minimum Gasteiger partial charge on any atom is -0.489 e. The molecule has 3 aromatic rings. The average Bonchev–Trinajstić information content (AvgIpc) is 3.12. The number of halogens is 6. The Bertz CT molecular complexity index is 1650. The van der Waals surface area contributed by atoms with Gasteiger partial charge in [0.2, 0.25) is 5.60 Å². The van der Waals surface area contributed by atoms with Crippen LogP contribution in [0.1, 0.15) is 54.1 Å². The number of rotatable bonds is 11. The fraction of sp³-hybridized carbons (Fsp3) is 0.472. The molecule has 2 amide bonds. The van der Waals surface area contributed by atoms with Crippen LogP contribution in [0.15, 0.2) is 67.0 Å². The van der Waals surface area contributed by atoms with Gasteiger partial charge in [0.25, 0.3) is 11.8 Å². The van der Waals surface area contributed by atoms with Gasteiger partial charge in [-0.2, -0.15) is 26.3 Å². The maximum atomic E-state index is 14.8. The van der Waals surface area contributed by atoms with Crippen LogP contribution in [0.4, 0.5) is 32.0 Å². The number of alkyl halides is 6. The molecule has 0 unspecified atom stereocenters. The molecule has 2 saturated heterocycles. The number of carbonyl (C=O) groups excluding carboxylic acids is 2. The molecular weight excluding hydrogens is 682 g/mol. The molecule has 0 aliphatic carbocycles. The fourth-order valence-corrected chi connectivity index (χ4v) is 6.79. The number of benzene rings is 2. The molecule has 0 radical (unpaired) electrons. The summed E-state index contributed by atoms with van der Waals surface area (Å²) in [5.74, 6) is -0.846. The summed E-state index contributed by atoms with van der Waals surface area (Å²) < 4.78 is 99.8. The molecular formula is C36H40F6N4O5. The van der Waals surface area contributed by atoms with Gasteiger partial charge in [-0.3, -0.25) is 14.6 Å². The molecule has 9 nitrogen and oxygen atoms in total. The highest BCUT2D eigenvalue weighted by atomic mass is 19.4. The summed E-state index contributed by atoms with van der Waals surface area (Å²) in [4.78, 5) is 37.5. The first kappa shape index (κ1) is 37.7. The third-order valence-electron chi connectivity index (χ3n) is 9.20. The Morgan fingerprint density at radius 3 is 2.25 bits per heavy atom. The lowest BCUT2D eigenvalue weighted by atomic mass is 9.79. The quantitative estimate of drug-likeness (QED) is 0.161. The number of aromatic nitrogens is 1. The number of likely N-dealkylation sites (tertiary alicyclic amines) is 1. The zero-order valence-corrected chi connectivity index (χ0v) is 28.3. The largest absolute Gasteiger partial charge is 0.489 e. The number of nitrogens with zero attached hydrogens (tertiary/aromatic N) is 4. The van der Waals surface area contributed by atoms with E-state index >= 15 is 0 Å². The lowest BCUT2D eigenvalue weighted by Gasteiger charge is -2.51. The first-order valence-corrected chi connectivity index (χ1v) is 16.7. The zero-order chi connectivity index (χ0) is 36.8. The molecule has 1 aromatic heterocycles. The predicted molar refractivity (Wildman–Crippen MR) is 176 cm³/mol. The van der Waals surface area contributed by atoms with Crippen molar-refractivity contribution in [3.8, 4) is 11.5 Å². The van der Waals surface area contributed by atoms with Crippen LogP contribution in [0.3, 0.4) is 0 Å². The minimum absolute atomic E-state index is 0.0364. The number of anilines is 1. The summed E-state index contributed by atoms with van der Waals surface area (Å²) in [6.07, 6.45) is -6.79. The standard InChI is InChI=1S/C36H40F6N4O5/c1-3-7-31-34(51-26-12-10-25(11-13-26)35(37,38)39,15-6-17-46(31)32(47)27-24-43-16-14-28(27)36(40,41)42)33(48)45-20-18-44(19-21-45)29-8-4-5-9-30(29)50-23-22-49-2/h4-5,8-14,16,24,31H,3,6-7,15,17-23H2,1-2H3/t31-,34+/m1/s1. The Morgan fingerprint density at radius 2 is 1.61 bits per heavy atom. The summed E-state index contributed by atoms with van der Waals surface area (Å²) in [6, 6.07) is 11.0. The number of pyridine rings is 1. The van der Waals surface area contributed by atoms with Crippen LogP contribution >= 0.6 is 0 Å². The normalized spacial score (nSPS) is 19.9. The second-order valence-electron chi connectivity index (χ2n) is 12.4. The monoisotopic (exact) mass is 722 g/mol. The van der Waals surface area contributed by atoms with Crippen molar-refractivity contribution >= 4 is 17.5 Å². The predicted octanol–water partition coefficient (Wildman–Crippen LogP) is 6.72. The van der Waals surface area contributed by atoms with Gasteiger partial charge in [0.15, 0.2) is 0 Å². The topological polar surface area (TPSA) is 84.4 Å². The average molecular weight is 723 g/mol. The summed E-state index contributed by atoms with van der Waals surface area (Å²) >= 11 is 0. The van der Waals surface area contributed by atoms with E-state index in [1.54, 1.807) is 18.9 Å². The van der Waals surface area contributed by atoms with Gasteiger partial charge in [0.05, 0.1) is 35.0 Å². The second-order valence-corrected chi connectivity index (χ2v) is 12.4. The molecule has 15 heteroatoms. The van der Waals surface area contributed by atoms with Crippen LogP contribution in [0.5, 0.6) is 11.5 Å². The van der Waals surface area contributed by atoms with Gasteiger partial charge in [-0.1, -0.05) is 25.5 Å². The van der Waals surface area contributed by atoms with Crippen LogP contribution in [0, 0.1) is 0 Å². The molecule has 2 aliphatic rings. The lowest BCUT2D eigenvalue weighted by molar-refractivity contribution is -0.159. The SMILES string of the molecule is CCC[C@H]1N(C(=O)c2cnccc2C(F)(F)F)CCC[C@@]1(Oc1ccc(C(F)(F)F)cc1)C(=O)N1CCN(c2ccccc2OCCOC)CC1. The minimum atomic E-state index is -4.85. The summed E-state index contributed by atoms with van der Waals surface area (Å²) in [7, 11) is 1.57. The smallest absolute Gasteiger partial charge is 0.417 e. The Morgan fingerprint density at radius 1 is 0.902 bits per heavy atom. The van der Waals surface area contributed by atoms with Crippen molar-refractivity contribution in [2.75, 3.05) is 57.9 Å². The first-order valence-electron chi connectivity index (χ1n) is 16.7. The second kappa shape index (κ2) is 15.8. The van der Waals surface area contributed by atoms with Gasteiger partial charge in [0.1, 0.15) is 18.1 Å². The van der Waals surface area contributed by atoms with Crippen LogP contribution in [0.2, 0.25) is 0 Å². The van der Waals surface area contributed by atoms with Crippen molar-refractivity contribution in [3.63, 3.8) is 0 Å². The Balaban J connectivity index is 1.49. The molecule has 5 rings (SSSR count). The molecule has 0 N–H and O–H groups in total. The zero-order valence-electron chi connectivity index (χ0n) is 28.3. The molecule has 3 heterocycles. The highest BCUT2D eigenvalue weighted by Gasteiger charge is 2.56. The van der Waals surface area contributed by atoms with Gasteiger partial charge in [-0.25, -0.2) is 0 Å². The van der Waals surface area contributed by atoms with Gasteiger partial charge in [0, 0.05) is 58.6 Å². The number of methoxy groups -OCH3 is 1. The molecule has 2 fully saturated rings. The van der Waals surface area contributed by atoms with Crippen molar-refractivity contribution in [2.24, 2.45) is 0 Å². The van der Waals surface area contributed by atoms with E-state index in [0.29, 0.717) is 38.5 Å². The number of piperazine rings is 1. The van der Waals surface area contributed by atoms with E-state index in [4.69, 9.17) is 14.2 Å². The fourth-order valence-electron chi connectivity index (χ4n) is 6.79. The van der Waals surface area contributed by atoms with Gasteiger partial charge >= 0.3 is 12.4 Å². The van der Waals surface area contributed by atoms with E-state index in [-0.39, 0.29) is 44.6 Å². The van der Waals surface area contributed by atoms with E-state index in [0.717, 1.165) is 48.4 Å². The van der Waals surface area contributed by atoms with Crippen LogP contribution in [0.25, 0.3) is 0 Å². The first-order chi connectivity index (χ1) is 24.3. The summed E-state index contributed by atoms with van der Waals surface area (Å²) in [5.41, 5.74) is -3.73. The maximum absolute atomic E-state index is 14.8. The molecule has 2 atom stereocenters. The number of carbonyl (C=O) groups is 2. The highest BCUT2D eigenvalue weighted by Crippen LogP contribution is 2.41. The van der Waals surface area contributed by atoms with E-state index in [9.17, 15) is 35.9 Å². The molecule has 2 aromatic carbocycles. The Hall–Kier alpha value is -4.53. The summed E-state index contributed by atoms with van der Waals surface area (Å²) in [5, 5.41) is 0. The van der Waals surface area contributed by atoms with E-state index < -0.39 is 52.5 Å². The highest BCUT2D eigenvalue weighted by molar-refractivity contribution is 5.97. The maximum Gasteiger partial charge on any atom is 0.417 e. The Labute approximate surface area is 292 Å². The molecule has 0 saturated carbocycles. The van der Waals surface area contributed by atoms with Gasteiger partial charge in [-0.15, -0.1) is 0 Å². The number of hydrogen-bond acceptors (Lipinski definition) is 7. The van der Waals surface area contributed by atoms with Crippen LogP contribution < -0.4 is 14.4 Å². The van der Waals surface area contributed by atoms with E-state index in [2.05, 4.69) is 9.88 Å². The van der Waals surface area contributed by atoms with E-state index in [1.807, 2.05) is 24.3 Å². The summed E-state index contributed by atoms with van der Waals surface area (Å²) in [6.45, 7) is 3.85. The number of para-hydroxylation sites is 2. The number of hydrogen-bond donors (Lipinski definition) is 0.